The lowest BCUT2D eigenvalue weighted by molar-refractivity contribution is -0.276. The van der Waals surface area contributed by atoms with Gasteiger partial charge in [-0.2, -0.15) is 0 Å². The van der Waals surface area contributed by atoms with Gasteiger partial charge in [-0.25, -0.2) is 17.6 Å². The van der Waals surface area contributed by atoms with Crippen LogP contribution in [-0.2, 0) is 12.8 Å². The zero-order valence-electron chi connectivity index (χ0n) is 20.0. The number of ether oxygens (including phenoxy) is 1. The van der Waals surface area contributed by atoms with Crippen LogP contribution in [0.5, 0.6) is 5.75 Å². The van der Waals surface area contributed by atoms with Crippen LogP contribution >= 0.6 is 0 Å². The molecule has 2 aromatic rings. The van der Waals surface area contributed by atoms with Gasteiger partial charge in [0.25, 0.3) is 0 Å². The van der Waals surface area contributed by atoms with E-state index in [1.807, 2.05) is 0 Å². The van der Waals surface area contributed by atoms with Crippen LogP contribution in [0.25, 0.3) is 0 Å². The molecule has 0 atom stereocenters. The largest absolute Gasteiger partial charge is 0.573 e. The number of hydrogen-bond donors (Lipinski definition) is 0. The minimum absolute atomic E-state index is 0.0341. The Bertz CT molecular complexity index is 945. The van der Waals surface area contributed by atoms with Crippen molar-refractivity contribution in [2.45, 2.75) is 83.9 Å². The van der Waals surface area contributed by atoms with Crippen molar-refractivity contribution in [1.82, 2.24) is 0 Å². The molecule has 194 valence electrons. The minimum atomic E-state index is -5.25. The van der Waals surface area contributed by atoms with Crippen molar-refractivity contribution in [1.29, 1.82) is 0 Å². The molecule has 0 unspecified atom stereocenters. The Morgan fingerprint density at radius 3 is 1.91 bits per heavy atom. The van der Waals surface area contributed by atoms with Crippen molar-refractivity contribution in [2.75, 3.05) is 0 Å². The summed E-state index contributed by atoms with van der Waals surface area (Å²) < 4.78 is 97.5. The van der Waals surface area contributed by atoms with E-state index in [0.29, 0.717) is 29.5 Å². The fourth-order valence-electron chi connectivity index (χ4n) is 4.94. The monoisotopic (exact) mass is 504 g/mol. The molecule has 0 aliphatic heterocycles. The number of hydrogen-bond acceptors (Lipinski definition) is 1. The van der Waals surface area contributed by atoms with Crippen molar-refractivity contribution in [3.63, 3.8) is 0 Å². The van der Waals surface area contributed by atoms with Crippen molar-refractivity contribution in [3.8, 4) is 5.75 Å². The number of alkyl halides is 3. The SMILES string of the molecule is CC(C)CCCC1CCC(c2cc(F)c(CCc3cc(F)c(OC(F)(F)F)c(F)c3)c(F)c2)CC1. The maximum absolute atomic E-state index is 14.8. The third kappa shape index (κ3) is 7.87. The molecule has 0 heterocycles. The molecule has 1 aliphatic carbocycles. The molecule has 0 bridgehead atoms. The zero-order chi connectivity index (χ0) is 25.8. The first-order valence-corrected chi connectivity index (χ1v) is 12.1. The maximum Gasteiger partial charge on any atom is 0.573 e. The molecule has 8 heteroatoms. The molecule has 1 saturated carbocycles. The Labute approximate surface area is 201 Å². The summed E-state index contributed by atoms with van der Waals surface area (Å²) in [6.45, 7) is 4.42. The smallest absolute Gasteiger partial charge is 0.399 e. The number of halogens is 7. The average molecular weight is 505 g/mol. The second-order valence-electron chi connectivity index (χ2n) is 9.94. The number of benzene rings is 2. The second kappa shape index (κ2) is 11.7. The van der Waals surface area contributed by atoms with Crippen LogP contribution in [0.15, 0.2) is 24.3 Å². The van der Waals surface area contributed by atoms with Crippen LogP contribution in [0.4, 0.5) is 30.7 Å². The van der Waals surface area contributed by atoms with E-state index in [9.17, 15) is 30.7 Å². The maximum atomic E-state index is 14.8. The molecule has 0 aromatic heterocycles. The van der Waals surface area contributed by atoms with Gasteiger partial charge in [-0.15, -0.1) is 13.2 Å². The third-order valence-corrected chi connectivity index (χ3v) is 6.81. The highest BCUT2D eigenvalue weighted by molar-refractivity contribution is 5.33. The zero-order valence-corrected chi connectivity index (χ0v) is 20.0. The van der Waals surface area contributed by atoms with Crippen LogP contribution in [0.2, 0.25) is 0 Å². The Morgan fingerprint density at radius 2 is 1.40 bits per heavy atom. The highest BCUT2D eigenvalue weighted by atomic mass is 19.4. The van der Waals surface area contributed by atoms with Gasteiger partial charge < -0.3 is 4.74 Å². The van der Waals surface area contributed by atoms with Gasteiger partial charge in [-0.1, -0.05) is 33.1 Å². The predicted octanol–water partition coefficient (Wildman–Crippen LogP) is 9.03. The van der Waals surface area contributed by atoms with E-state index in [1.165, 1.54) is 31.4 Å². The summed E-state index contributed by atoms with van der Waals surface area (Å²) in [5.74, 6) is -4.63. The molecule has 3 rings (SSSR count). The minimum Gasteiger partial charge on any atom is -0.399 e. The lowest BCUT2D eigenvalue weighted by Gasteiger charge is -2.29. The van der Waals surface area contributed by atoms with Crippen LogP contribution in [0.3, 0.4) is 0 Å². The molecule has 0 N–H and O–H groups in total. The summed E-state index contributed by atoms with van der Waals surface area (Å²) in [5, 5.41) is 0. The van der Waals surface area contributed by atoms with E-state index >= 15 is 0 Å². The van der Waals surface area contributed by atoms with Gasteiger partial charge in [-0.05, 0) is 91.7 Å². The van der Waals surface area contributed by atoms with Gasteiger partial charge in [-0.3, -0.25) is 0 Å². The third-order valence-electron chi connectivity index (χ3n) is 6.81. The van der Waals surface area contributed by atoms with Crippen LogP contribution in [0, 0.1) is 35.1 Å². The van der Waals surface area contributed by atoms with Gasteiger partial charge in [0.05, 0.1) is 0 Å². The van der Waals surface area contributed by atoms with E-state index in [1.54, 1.807) is 0 Å². The lowest BCUT2D eigenvalue weighted by atomic mass is 9.76. The summed E-state index contributed by atoms with van der Waals surface area (Å²) >= 11 is 0. The Balaban J connectivity index is 1.61. The topological polar surface area (TPSA) is 9.23 Å². The molecule has 35 heavy (non-hydrogen) atoms. The molecular weight excluding hydrogens is 473 g/mol. The van der Waals surface area contributed by atoms with Crippen LogP contribution in [-0.4, -0.2) is 6.36 Å². The predicted molar refractivity (Wildman–Crippen MR) is 120 cm³/mol. The molecule has 0 amide bonds. The first-order chi connectivity index (χ1) is 16.4. The van der Waals surface area contributed by atoms with Gasteiger partial charge in [0, 0.05) is 5.56 Å². The van der Waals surface area contributed by atoms with Crippen molar-refractivity contribution in [3.05, 3.63) is 64.2 Å². The molecular formula is C27H31F7O. The molecule has 1 nitrogen and oxygen atoms in total. The quantitative estimate of drug-likeness (QED) is 0.310. The Hall–Kier alpha value is -2.25. The van der Waals surface area contributed by atoms with E-state index < -0.39 is 35.4 Å². The first-order valence-electron chi connectivity index (χ1n) is 12.1. The van der Waals surface area contributed by atoms with Gasteiger partial charge in [0.2, 0.25) is 5.75 Å². The molecule has 1 fully saturated rings. The Kier molecular flexibility index (Phi) is 9.11. The highest BCUT2D eigenvalue weighted by Gasteiger charge is 2.34. The van der Waals surface area contributed by atoms with Gasteiger partial charge in [0.15, 0.2) is 11.6 Å². The molecule has 0 spiro atoms. The number of rotatable bonds is 9. The van der Waals surface area contributed by atoms with Gasteiger partial charge >= 0.3 is 6.36 Å². The highest BCUT2D eigenvalue weighted by Crippen LogP contribution is 2.39. The fraction of sp³-hybridized carbons (Fsp3) is 0.556. The normalized spacial score (nSPS) is 18.8. The van der Waals surface area contributed by atoms with Crippen molar-refractivity contribution >= 4 is 0 Å². The lowest BCUT2D eigenvalue weighted by Crippen LogP contribution is -2.19. The summed E-state index contributed by atoms with van der Waals surface area (Å²) in [5.41, 5.74) is 0.371. The molecule has 1 aliphatic rings. The molecule has 0 saturated heterocycles. The van der Waals surface area contributed by atoms with E-state index in [2.05, 4.69) is 18.6 Å². The second-order valence-corrected chi connectivity index (χ2v) is 9.94. The molecule has 0 radical (unpaired) electrons. The number of aryl methyl sites for hydroxylation is 1. The summed E-state index contributed by atoms with van der Waals surface area (Å²) in [6.07, 6.45) is 1.86. The van der Waals surface area contributed by atoms with Crippen LogP contribution in [0.1, 0.15) is 81.4 Å². The summed E-state index contributed by atoms with van der Waals surface area (Å²) in [4.78, 5) is 0. The molecule has 2 aromatic carbocycles. The standard InChI is InChI=1S/C27H31F7O/c1-16(2)4-3-5-17-6-9-19(10-7-17)20-14-22(28)21(23(29)15-20)11-8-18-12-24(30)26(25(31)13-18)35-27(32,33)34/h12-17,19H,3-11H2,1-2H3. The van der Waals surface area contributed by atoms with Crippen molar-refractivity contribution in [2.24, 2.45) is 11.8 Å². The average Bonchev–Trinajstić information content (AvgIpc) is 2.75. The van der Waals surface area contributed by atoms with Gasteiger partial charge in [0.1, 0.15) is 11.6 Å². The van der Waals surface area contributed by atoms with E-state index in [0.717, 1.165) is 25.7 Å². The summed E-state index contributed by atoms with van der Waals surface area (Å²) in [6, 6.07) is 4.02. The van der Waals surface area contributed by atoms with E-state index in [-0.39, 0.29) is 29.9 Å². The first kappa shape index (κ1) is 27.3. The Morgan fingerprint density at radius 1 is 0.829 bits per heavy atom. The van der Waals surface area contributed by atoms with Crippen LogP contribution < -0.4 is 4.74 Å². The van der Waals surface area contributed by atoms with E-state index in [4.69, 9.17) is 0 Å². The fourth-order valence-corrected chi connectivity index (χ4v) is 4.94. The van der Waals surface area contributed by atoms with Crippen molar-refractivity contribution < 1.29 is 35.5 Å². The summed E-state index contributed by atoms with van der Waals surface area (Å²) in [7, 11) is 0.